The summed E-state index contributed by atoms with van der Waals surface area (Å²) < 4.78 is 32.7. The molecule has 0 radical (unpaired) electrons. The molecule has 0 amide bonds. The largest absolute Gasteiger partial charge is 0.497 e. The number of methoxy groups -OCH3 is 2. The number of fused-ring (bicyclic) bond motifs is 1. The maximum Gasteiger partial charge on any atom is 0.331 e. The first kappa shape index (κ1) is 23.5. The molecule has 0 spiro atoms. The summed E-state index contributed by atoms with van der Waals surface area (Å²) in [7, 11) is 3.18. The van der Waals surface area contributed by atoms with Crippen molar-refractivity contribution in [2.45, 2.75) is 24.4 Å². The van der Waals surface area contributed by atoms with Crippen LogP contribution in [-0.4, -0.2) is 63.8 Å². The lowest BCUT2D eigenvalue weighted by atomic mass is 10.1. The van der Waals surface area contributed by atoms with Crippen molar-refractivity contribution >= 4 is 24.1 Å². The number of carbonyl (C=O) groups is 2. The summed E-state index contributed by atoms with van der Waals surface area (Å²) in [5.41, 5.74) is 1.68. The highest BCUT2D eigenvalue weighted by molar-refractivity contribution is 5.87. The van der Waals surface area contributed by atoms with Gasteiger partial charge in [-0.25, -0.2) is 9.59 Å². The number of ether oxygens (including phenoxy) is 6. The average molecular weight is 466 g/mol. The van der Waals surface area contributed by atoms with Gasteiger partial charge in [0.05, 0.1) is 27.4 Å². The lowest BCUT2D eigenvalue weighted by Crippen LogP contribution is -2.35. The molecular formula is C26H26O8. The minimum absolute atomic E-state index is 0.174. The molecule has 8 nitrogen and oxygen atoms in total. The summed E-state index contributed by atoms with van der Waals surface area (Å²) in [5.74, 6) is 0.463. The predicted molar refractivity (Wildman–Crippen MR) is 123 cm³/mol. The van der Waals surface area contributed by atoms with E-state index in [-0.39, 0.29) is 13.2 Å². The molecule has 2 unspecified atom stereocenters. The molecule has 0 aliphatic carbocycles. The number of benzene rings is 2. The molecule has 2 aromatic rings. The van der Waals surface area contributed by atoms with Gasteiger partial charge in [-0.15, -0.1) is 0 Å². The van der Waals surface area contributed by atoms with E-state index in [4.69, 9.17) is 28.4 Å². The van der Waals surface area contributed by atoms with Gasteiger partial charge in [-0.3, -0.25) is 0 Å². The van der Waals surface area contributed by atoms with Gasteiger partial charge in [0.25, 0.3) is 0 Å². The van der Waals surface area contributed by atoms with Gasteiger partial charge in [-0.2, -0.15) is 0 Å². The highest BCUT2D eigenvalue weighted by atomic mass is 16.7. The summed E-state index contributed by atoms with van der Waals surface area (Å²) in [6.45, 7) is 0.348. The molecule has 0 saturated carbocycles. The number of esters is 2. The van der Waals surface area contributed by atoms with Crippen molar-refractivity contribution in [3.63, 3.8) is 0 Å². The third kappa shape index (κ3) is 5.84. The molecule has 2 saturated heterocycles. The van der Waals surface area contributed by atoms with Gasteiger partial charge in [-0.05, 0) is 47.5 Å². The number of hydrogen-bond acceptors (Lipinski definition) is 8. The Bertz CT molecular complexity index is 956. The first-order chi connectivity index (χ1) is 16.6. The number of hydrogen-bond donors (Lipinski definition) is 0. The SMILES string of the molecule is COc1ccc(C=CC(=O)O[C@@H]2COC3C2OC[C@H]3OC(=O)C=Cc2ccc(OC)cc2)cc1. The van der Waals surface area contributed by atoms with E-state index < -0.39 is 36.4 Å². The number of carbonyl (C=O) groups excluding carboxylic acids is 2. The van der Waals surface area contributed by atoms with Crippen molar-refractivity contribution in [1.82, 2.24) is 0 Å². The minimum atomic E-state index is -0.573. The lowest BCUT2D eigenvalue weighted by molar-refractivity contribution is -0.149. The second kappa shape index (κ2) is 11.0. The van der Waals surface area contributed by atoms with Crippen LogP contribution in [0.2, 0.25) is 0 Å². The van der Waals surface area contributed by atoms with Crippen molar-refractivity contribution in [2.75, 3.05) is 27.4 Å². The van der Waals surface area contributed by atoms with Gasteiger partial charge >= 0.3 is 11.9 Å². The summed E-state index contributed by atoms with van der Waals surface area (Å²) in [4.78, 5) is 24.5. The van der Waals surface area contributed by atoms with E-state index >= 15 is 0 Å². The summed E-state index contributed by atoms with van der Waals surface area (Å²) in [5, 5.41) is 0. The Morgan fingerprint density at radius 3 is 1.44 bits per heavy atom. The van der Waals surface area contributed by atoms with Crippen LogP contribution in [-0.2, 0) is 28.5 Å². The maximum atomic E-state index is 12.3. The Hall–Kier alpha value is -3.62. The fraction of sp³-hybridized carbons (Fsp3) is 0.308. The second-order valence-electron chi connectivity index (χ2n) is 7.76. The van der Waals surface area contributed by atoms with Crippen molar-refractivity contribution in [2.24, 2.45) is 0 Å². The van der Waals surface area contributed by atoms with Crippen LogP contribution in [0.5, 0.6) is 11.5 Å². The zero-order chi connectivity index (χ0) is 23.9. The van der Waals surface area contributed by atoms with Crippen molar-refractivity contribution in [3.05, 3.63) is 71.8 Å². The fourth-order valence-electron chi connectivity index (χ4n) is 3.77. The summed E-state index contributed by atoms with van der Waals surface area (Å²) in [6.07, 6.45) is 3.91. The van der Waals surface area contributed by atoms with Crippen LogP contribution in [0.15, 0.2) is 60.7 Å². The van der Waals surface area contributed by atoms with Gasteiger partial charge in [0.15, 0.2) is 12.2 Å². The monoisotopic (exact) mass is 466 g/mol. The Morgan fingerprint density at radius 2 is 1.09 bits per heavy atom. The molecule has 2 heterocycles. The van der Waals surface area contributed by atoms with E-state index in [1.54, 1.807) is 50.6 Å². The minimum Gasteiger partial charge on any atom is -0.497 e. The fourth-order valence-corrected chi connectivity index (χ4v) is 3.77. The van der Waals surface area contributed by atoms with Crippen LogP contribution in [0, 0.1) is 0 Å². The third-order valence-corrected chi connectivity index (χ3v) is 5.55. The molecular weight excluding hydrogens is 440 g/mol. The Labute approximate surface area is 197 Å². The molecule has 178 valence electrons. The zero-order valence-electron chi connectivity index (χ0n) is 18.9. The molecule has 0 N–H and O–H groups in total. The van der Waals surface area contributed by atoms with Crippen LogP contribution in [0.25, 0.3) is 12.2 Å². The first-order valence-corrected chi connectivity index (χ1v) is 10.8. The van der Waals surface area contributed by atoms with Crippen molar-refractivity contribution in [3.8, 4) is 11.5 Å². The van der Waals surface area contributed by atoms with Crippen molar-refractivity contribution in [1.29, 1.82) is 0 Å². The van der Waals surface area contributed by atoms with Crippen LogP contribution >= 0.6 is 0 Å². The molecule has 0 aromatic heterocycles. The van der Waals surface area contributed by atoms with Gasteiger partial charge in [0.2, 0.25) is 0 Å². The van der Waals surface area contributed by atoms with E-state index in [0.717, 1.165) is 22.6 Å². The molecule has 4 rings (SSSR count). The molecule has 8 heteroatoms. The number of rotatable bonds is 8. The quantitative estimate of drug-likeness (QED) is 0.433. The highest BCUT2D eigenvalue weighted by Gasteiger charge is 2.50. The Balaban J connectivity index is 1.26. The topological polar surface area (TPSA) is 89.5 Å². The van der Waals surface area contributed by atoms with Crippen LogP contribution < -0.4 is 9.47 Å². The normalized spacial score (nSPS) is 23.7. The zero-order valence-corrected chi connectivity index (χ0v) is 18.9. The molecule has 4 atom stereocenters. The average Bonchev–Trinajstić information content (AvgIpc) is 3.45. The predicted octanol–water partition coefficient (Wildman–Crippen LogP) is 3.05. The van der Waals surface area contributed by atoms with E-state index in [0.29, 0.717) is 0 Å². The highest BCUT2D eigenvalue weighted by Crippen LogP contribution is 2.31. The van der Waals surface area contributed by atoms with E-state index in [1.807, 2.05) is 24.3 Å². The van der Waals surface area contributed by atoms with Gasteiger partial charge in [-0.1, -0.05) is 24.3 Å². The van der Waals surface area contributed by atoms with E-state index in [1.165, 1.54) is 12.2 Å². The smallest absolute Gasteiger partial charge is 0.331 e. The molecule has 34 heavy (non-hydrogen) atoms. The van der Waals surface area contributed by atoms with Crippen LogP contribution in [0.3, 0.4) is 0 Å². The molecule has 0 bridgehead atoms. The van der Waals surface area contributed by atoms with Gasteiger partial charge in [0, 0.05) is 12.2 Å². The van der Waals surface area contributed by atoms with E-state index in [2.05, 4.69) is 0 Å². The first-order valence-electron chi connectivity index (χ1n) is 10.8. The standard InChI is InChI=1S/C26H26O8/c1-29-19-9-3-17(4-10-19)7-13-23(27)33-21-15-31-26-22(16-32-25(21)26)34-24(28)14-8-18-5-11-20(30-2)12-6-18/h3-14,21-22,25-26H,15-16H2,1-2H3/t21-,22-,25?,26?/m1/s1. The summed E-state index contributed by atoms with van der Waals surface area (Å²) in [6, 6.07) is 14.6. The molecule has 2 fully saturated rings. The van der Waals surface area contributed by atoms with Gasteiger partial charge < -0.3 is 28.4 Å². The second-order valence-corrected chi connectivity index (χ2v) is 7.76. The summed E-state index contributed by atoms with van der Waals surface area (Å²) >= 11 is 0. The van der Waals surface area contributed by atoms with Crippen molar-refractivity contribution < 1.29 is 38.0 Å². The molecule has 2 aromatic carbocycles. The Morgan fingerprint density at radius 1 is 0.706 bits per heavy atom. The van der Waals surface area contributed by atoms with E-state index in [9.17, 15) is 9.59 Å². The maximum absolute atomic E-state index is 12.3. The van der Waals surface area contributed by atoms with Crippen LogP contribution in [0.4, 0.5) is 0 Å². The van der Waals surface area contributed by atoms with Crippen LogP contribution in [0.1, 0.15) is 11.1 Å². The molecule has 2 aliphatic rings. The third-order valence-electron chi connectivity index (χ3n) is 5.55. The van der Waals surface area contributed by atoms with Gasteiger partial charge in [0.1, 0.15) is 23.7 Å². The Kier molecular flexibility index (Phi) is 7.61. The molecule has 2 aliphatic heterocycles. The lowest BCUT2D eigenvalue weighted by Gasteiger charge is -2.16.